The van der Waals surface area contributed by atoms with E-state index in [2.05, 4.69) is 0 Å². The summed E-state index contributed by atoms with van der Waals surface area (Å²) in [5.74, 6) is 0.407. The molecule has 0 bridgehead atoms. The number of hydrogen-bond donors (Lipinski definition) is 0. The fraction of sp³-hybridized carbons (Fsp3) is 0.625. The molecule has 122 valence electrons. The lowest BCUT2D eigenvalue weighted by molar-refractivity contribution is -0.0586. The summed E-state index contributed by atoms with van der Waals surface area (Å²) in [6.07, 6.45) is 4.03. The molecule has 3 rings (SSSR count). The molecule has 1 aliphatic heterocycles. The normalized spacial score (nSPS) is 26.5. The number of morpholine rings is 1. The average molecular weight is 325 g/mol. The number of benzene rings is 1. The van der Waals surface area contributed by atoms with Gasteiger partial charge in [0, 0.05) is 6.54 Å². The largest absolute Gasteiger partial charge is 0.495 e. The van der Waals surface area contributed by atoms with Crippen molar-refractivity contribution in [3.05, 3.63) is 23.8 Å². The Kier molecular flexibility index (Phi) is 4.43. The summed E-state index contributed by atoms with van der Waals surface area (Å²) in [5.41, 5.74) is 0.910. The van der Waals surface area contributed by atoms with Gasteiger partial charge in [-0.05, 0) is 37.5 Å². The van der Waals surface area contributed by atoms with Gasteiger partial charge < -0.3 is 9.47 Å². The third-order valence-corrected chi connectivity index (χ3v) is 6.53. The molecule has 1 heterocycles. The first kappa shape index (κ1) is 15.8. The monoisotopic (exact) mass is 325 g/mol. The van der Waals surface area contributed by atoms with Gasteiger partial charge in [0.2, 0.25) is 10.0 Å². The first-order valence-corrected chi connectivity index (χ1v) is 9.26. The maximum Gasteiger partial charge on any atom is 0.247 e. The number of fused-ring (bicyclic) bond motifs is 1. The van der Waals surface area contributed by atoms with Crippen LogP contribution in [0.3, 0.4) is 0 Å². The number of rotatable bonds is 3. The van der Waals surface area contributed by atoms with Gasteiger partial charge in [0.25, 0.3) is 0 Å². The molecular formula is C16H23NO4S. The van der Waals surface area contributed by atoms with Crippen molar-refractivity contribution in [2.75, 3.05) is 20.3 Å². The van der Waals surface area contributed by atoms with E-state index in [1.165, 1.54) is 7.11 Å². The lowest BCUT2D eigenvalue weighted by Crippen LogP contribution is -2.54. The maximum atomic E-state index is 13.2. The van der Waals surface area contributed by atoms with Crippen LogP contribution in [0.4, 0.5) is 0 Å². The lowest BCUT2D eigenvalue weighted by atomic mass is 9.91. The molecular weight excluding hydrogens is 302 g/mol. The van der Waals surface area contributed by atoms with Crippen molar-refractivity contribution in [3.63, 3.8) is 0 Å². The van der Waals surface area contributed by atoms with Gasteiger partial charge >= 0.3 is 0 Å². The summed E-state index contributed by atoms with van der Waals surface area (Å²) in [4.78, 5) is 0.265. The van der Waals surface area contributed by atoms with Gasteiger partial charge in [-0.15, -0.1) is 0 Å². The molecule has 1 saturated carbocycles. The Morgan fingerprint density at radius 1 is 1.27 bits per heavy atom. The minimum absolute atomic E-state index is 0.0353. The fourth-order valence-corrected chi connectivity index (χ4v) is 5.38. The molecule has 5 nitrogen and oxygen atoms in total. The number of hydrogen-bond acceptors (Lipinski definition) is 4. The van der Waals surface area contributed by atoms with Crippen LogP contribution in [0.2, 0.25) is 0 Å². The molecule has 2 fully saturated rings. The van der Waals surface area contributed by atoms with E-state index >= 15 is 0 Å². The highest BCUT2D eigenvalue weighted by atomic mass is 32.2. The smallest absolute Gasteiger partial charge is 0.247 e. The van der Waals surface area contributed by atoms with Crippen LogP contribution in [-0.2, 0) is 14.8 Å². The third kappa shape index (κ3) is 2.75. The van der Waals surface area contributed by atoms with Crippen LogP contribution in [0.1, 0.15) is 31.2 Å². The van der Waals surface area contributed by atoms with E-state index in [0.717, 1.165) is 31.2 Å². The van der Waals surface area contributed by atoms with Crippen LogP contribution in [-0.4, -0.2) is 45.1 Å². The molecule has 0 radical (unpaired) electrons. The average Bonchev–Trinajstić information content (AvgIpc) is 2.54. The van der Waals surface area contributed by atoms with Gasteiger partial charge in [-0.2, -0.15) is 4.31 Å². The first-order valence-electron chi connectivity index (χ1n) is 7.82. The highest BCUT2D eigenvalue weighted by Crippen LogP contribution is 2.35. The second-order valence-corrected chi connectivity index (χ2v) is 7.89. The summed E-state index contributed by atoms with van der Waals surface area (Å²) in [6, 6.07) is 5.24. The molecule has 0 N–H and O–H groups in total. The SMILES string of the molecule is COc1ccc(C)cc1S(=O)(=O)N1CCO[C@H]2CCCC[C@@H]21. The summed E-state index contributed by atoms with van der Waals surface area (Å²) in [7, 11) is -2.06. The number of sulfonamides is 1. The number of aryl methyl sites for hydroxylation is 1. The minimum atomic E-state index is -3.57. The van der Waals surface area contributed by atoms with Crippen LogP contribution < -0.4 is 4.74 Å². The zero-order chi connectivity index (χ0) is 15.7. The van der Waals surface area contributed by atoms with E-state index in [4.69, 9.17) is 9.47 Å². The predicted octanol–water partition coefficient (Wildman–Crippen LogP) is 2.34. The standard InChI is InChI=1S/C16H23NO4S/c1-12-7-8-15(20-2)16(11-12)22(18,19)17-9-10-21-14-6-4-3-5-13(14)17/h7-8,11,13-14H,3-6,9-10H2,1-2H3/t13-,14-/m0/s1. The van der Waals surface area contributed by atoms with Crippen molar-refractivity contribution in [3.8, 4) is 5.75 Å². The van der Waals surface area contributed by atoms with Crippen molar-refractivity contribution >= 4 is 10.0 Å². The Morgan fingerprint density at radius 3 is 2.82 bits per heavy atom. The second kappa shape index (κ2) is 6.18. The van der Waals surface area contributed by atoms with Gasteiger partial charge in [-0.1, -0.05) is 18.9 Å². The van der Waals surface area contributed by atoms with Crippen LogP contribution in [0.25, 0.3) is 0 Å². The Morgan fingerprint density at radius 2 is 2.05 bits per heavy atom. The van der Waals surface area contributed by atoms with Crippen LogP contribution in [0, 0.1) is 6.92 Å². The lowest BCUT2D eigenvalue weighted by Gasteiger charge is -2.42. The summed E-state index contributed by atoms with van der Waals surface area (Å²) < 4.78 is 39.0. The zero-order valence-electron chi connectivity index (χ0n) is 13.1. The van der Waals surface area contributed by atoms with E-state index in [0.29, 0.717) is 18.9 Å². The number of nitrogens with zero attached hydrogens (tertiary/aromatic N) is 1. The fourth-order valence-electron chi connectivity index (χ4n) is 3.47. The highest BCUT2D eigenvalue weighted by molar-refractivity contribution is 7.89. The van der Waals surface area contributed by atoms with Crippen molar-refractivity contribution in [2.45, 2.75) is 49.6 Å². The van der Waals surface area contributed by atoms with E-state index in [1.54, 1.807) is 16.4 Å². The molecule has 1 saturated heterocycles. The summed E-state index contributed by atoms with van der Waals surface area (Å²) in [5, 5.41) is 0. The topological polar surface area (TPSA) is 55.8 Å². The number of ether oxygens (including phenoxy) is 2. The molecule has 1 aromatic carbocycles. The quantitative estimate of drug-likeness (QED) is 0.856. The van der Waals surface area contributed by atoms with E-state index in [-0.39, 0.29) is 17.0 Å². The molecule has 22 heavy (non-hydrogen) atoms. The van der Waals surface area contributed by atoms with E-state index in [1.807, 2.05) is 13.0 Å². The van der Waals surface area contributed by atoms with Crippen LogP contribution in [0.15, 0.2) is 23.1 Å². The first-order chi connectivity index (χ1) is 10.5. The van der Waals surface area contributed by atoms with Gasteiger partial charge in [0.15, 0.2) is 0 Å². The molecule has 1 aliphatic carbocycles. The van der Waals surface area contributed by atoms with E-state index < -0.39 is 10.0 Å². The summed E-state index contributed by atoms with van der Waals surface area (Å²) >= 11 is 0. The summed E-state index contributed by atoms with van der Waals surface area (Å²) in [6.45, 7) is 2.77. The molecule has 0 spiro atoms. The minimum Gasteiger partial charge on any atom is -0.495 e. The van der Waals surface area contributed by atoms with Gasteiger partial charge in [-0.25, -0.2) is 8.42 Å². The number of methoxy groups -OCH3 is 1. The molecule has 0 aromatic heterocycles. The molecule has 2 aliphatic rings. The van der Waals surface area contributed by atoms with Crippen molar-refractivity contribution in [2.24, 2.45) is 0 Å². The van der Waals surface area contributed by atoms with Gasteiger partial charge in [0.1, 0.15) is 10.6 Å². The van der Waals surface area contributed by atoms with Crippen molar-refractivity contribution in [1.82, 2.24) is 4.31 Å². The Balaban J connectivity index is 2.00. The molecule has 0 amide bonds. The van der Waals surface area contributed by atoms with Crippen LogP contribution in [0.5, 0.6) is 5.75 Å². The van der Waals surface area contributed by atoms with E-state index in [9.17, 15) is 8.42 Å². The Bertz CT molecular complexity index is 642. The van der Waals surface area contributed by atoms with Crippen LogP contribution >= 0.6 is 0 Å². The predicted molar refractivity (Wildman–Crippen MR) is 83.6 cm³/mol. The second-order valence-electron chi connectivity index (χ2n) is 6.03. The van der Waals surface area contributed by atoms with Crippen molar-refractivity contribution in [1.29, 1.82) is 0 Å². The molecule has 2 atom stereocenters. The Labute approximate surface area is 132 Å². The zero-order valence-corrected chi connectivity index (χ0v) is 13.9. The van der Waals surface area contributed by atoms with Crippen molar-refractivity contribution < 1.29 is 17.9 Å². The molecule has 1 aromatic rings. The third-order valence-electron chi connectivity index (χ3n) is 4.59. The Hall–Kier alpha value is -1.11. The highest BCUT2D eigenvalue weighted by Gasteiger charge is 2.41. The molecule has 0 unspecified atom stereocenters. The van der Waals surface area contributed by atoms with Gasteiger partial charge in [-0.3, -0.25) is 0 Å². The maximum absolute atomic E-state index is 13.2. The molecule has 6 heteroatoms. The van der Waals surface area contributed by atoms with Gasteiger partial charge in [0.05, 0.1) is 25.9 Å².